The summed E-state index contributed by atoms with van der Waals surface area (Å²) in [4.78, 5) is 4.10. The van der Waals surface area contributed by atoms with Crippen molar-refractivity contribution >= 4 is 0 Å². The first-order valence-electron chi connectivity index (χ1n) is 8.30. The Balaban J connectivity index is 1.90. The molecule has 0 aliphatic heterocycles. The lowest BCUT2D eigenvalue weighted by Crippen LogP contribution is -1.95. The van der Waals surface area contributed by atoms with Crippen molar-refractivity contribution in [1.82, 2.24) is 15.2 Å². The van der Waals surface area contributed by atoms with Crippen LogP contribution in [-0.4, -0.2) is 15.2 Å². The number of hydrogen-bond donors (Lipinski definition) is 2. The van der Waals surface area contributed by atoms with Gasteiger partial charge in [-0.2, -0.15) is 5.10 Å². The van der Waals surface area contributed by atoms with Gasteiger partial charge < -0.3 is 5.73 Å². The Hall–Kier alpha value is -3.31. The van der Waals surface area contributed by atoms with Crippen LogP contribution in [0.25, 0.3) is 33.6 Å². The lowest BCUT2D eigenvalue weighted by molar-refractivity contribution is 0.628. The van der Waals surface area contributed by atoms with E-state index in [2.05, 4.69) is 15.2 Å². The van der Waals surface area contributed by atoms with Crippen molar-refractivity contribution < 1.29 is 4.39 Å². The zero-order valence-corrected chi connectivity index (χ0v) is 14.0. The Kier molecular flexibility index (Phi) is 4.29. The van der Waals surface area contributed by atoms with Crippen LogP contribution in [0.5, 0.6) is 0 Å². The number of aromatic amines is 1. The highest BCUT2D eigenvalue weighted by molar-refractivity contribution is 5.91. The smallest absolute Gasteiger partial charge is 0.123 e. The number of H-pyrrole nitrogens is 1. The van der Waals surface area contributed by atoms with Crippen molar-refractivity contribution in [2.75, 3.05) is 0 Å². The third-order valence-corrected chi connectivity index (χ3v) is 4.33. The lowest BCUT2D eigenvalue weighted by atomic mass is 9.96. The van der Waals surface area contributed by atoms with Gasteiger partial charge in [-0.3, -0.25) is 10.1 Å². The highest BCUT2D eigenvalue weighted by atomic mass is 19.1. The monoisotopic (exact) mass is 344 g/mol. The summed E-state index contributed by atoms with van der Waals surface area (Å²) in [5.74, 6) is -0.271. The van der Waals surface area contributed by atoms with Gasteiger partial charge in [-0.1, -0.05) is 24.3 Å². The fraction of sp³-hybridized carbons (Fsp3) is 0.0476. The van der Waals surface area contributed by atoms with Gasteiger partial charge in [0.05, 0.1) is 5.69 Å². The number of nitrogens with two attached hydrogens (primary N) is 1. The summed E-state index contributed by atoms with van der Waals surface area (Å²) in [7, 11) is 0. The summed E-state index contributed by atoms with van der Waals surface area (Å²) in [5.41, 5.74) is 12.2. The standard InChI is InChI=1S/C21H17FN4/c22-18-7-5-17(6-8-18)21-19(15-9-11-24-12-10-15)20(25-26-21)16-3-1-14(13-23)2-4-16/h1-12H,13,23H2,(H,25,26). The minimum absolute atomic E-state index is 0.271. The van der Waals surface area contributed by atoms with Gasteiger partial charge in [-0.05, 0) is 47.5 Å². The van der Waals surface area contributed by atoms with E-state index in [1.807, 2.05) is 36.4 Å². The molecule has 0 amide bonds. The van der Waals surface area contributed by atoms with Crippen molar-refractivity contribution in [2.24, 2.45) is 5.73 Å². The molecule has 2 heterocycles. The second-order valence-corrected chi connectivity index (χ2v) is 5.97. The molecule has 0 fully saturated rings. The Bertz CT molecular complexity index is 1010. The number of nitrogens with one attached hydrogen (secondary N) is 1. The first kappa shape index (κ1) is 16.2. The van der Waals surface area contributed by atoms with E-state index in [-0.39, 0.29) is 5.82 Å². The van der Waals surface area contributed by atoms with Crippen molar-refractivity contribution in [2.45, 2.75) is 6.54 Å². The number of nitrogens with zero attached hydrogens (tertiary/aromatic N) is 2. The lowest BCUT2D eigenvalue weighted by Gasteiger charge is -2.07. The second-order valence-electron chi connectivity index (χ2n) is 5.97. The van der Waals surface area contributed by atoms with Gasteiger partial charge in [0.1, 0.15) is 11.5 Å². The molecule has 3 N–H and O–H groups in total. The van der Waals surface area contributed by atoms with E-state index in [0.717, 1.165) is 39.2 Å². The third kappa shape index (κ3) is 3.00. The Morgan fingerprint density at radius 2 is 1.46 bits per heavy atom. The Labute approximate surface area is 150 Å². The van der Waals surface area contributed by atoms with E-state index < -0.39 is 0 Å². The molecule has 0 atom stereocenters. The number of aromatic nitrogens is 3. The van der Waals surface area contributed by atoms with Crippen LogP contribution in [0.4, 0.5) is 4.39 Å². The highest BCUT2D eigenvalue weighted by Crippen LogP contribution is 2.38. The van der Waals surface area contributed by atoms with E-state index >= 15 is 0 Å². The molecule has 0 aliphatic carbocycles. The zero-order valence-electron chi connectivity index (χ0n) is 14.0. The molecule has 0 saturated carbocycles. The fourth-order valence-corrected chi connectivity index (χ4v) is 2.97. The summed E-state index contributed by atoms with van der Waals surface area (Å²) in [6.45, 7) is 0.501. The number of pyridine rings is 1. The molecule has 2 aromatic carbocycles. The molecule has 5 heteroatoms. The number of hydrogen-bond acceptors (Lipinski definition) is 3. The molecule has 26 heavy (non-hydrogen) atoms. The van der Waals surface area contributed by atoms with Gasteiger partial charge in [0, 0.05) is 35.6 Å². The maximum atomic E-state index is 13.3. The Morgan fingerprint density at radius 3 is 2.12 bits per heavy atom. The molecule has 0 unspecified atom stereocenters. The number of halogens is 1. The van der Waals surface area contributed by atoms with Crippen LogP contribution in [0.3, 0.4) is 0 Å². The molecule has 0 radical (unpaired) electrons. The topological polar surface area (TPSA) is 67.6 Å². The SMILES string of the molecule is NCc1ccc(-c2[nH]nc(-c3ccc(F)cc3)c2-c2ccncc2)cc1. The summed E-state index contributed by atoms with van der Waals surface area (Å²) in [5, 5.41) is 7.66. The van der Waals surface area contributed by atoms with E-state index in [0.29, 0.717) is 6.54 Å². The summed E-state index contributed by atoms with van der Waals surface area (Å²) < 4.78 is 13.3. The largest absolute Gasteiger partial charge is 0.326 e. The first-order valence-corrected chi connectivity index (χ1v) is 8.30. The minimum atomic E-state index is -0.271. The molecule has 0 bridgehead atoms. The average molecular weight is 344 g/mol. The number of benzene rings is 2. The van der Waals surface area contributed by atoms with Crippen molar-refractivity contribution in [1.29, 1.82) is 0 Å². The van der Waals surface area contributed by atoms with Crippen LogP contribution < -0.4 is 5.73 Å². The van der Waals surface area contributed by atoms with E-state index in [4.69, 9.17) is 5.73 Å². The summed E-state index contributed by atoms with van der Waals surface area (Å²) in [6.07, 6.45) is 3.50. The van der Waals surface area contributed by atoms with Crippen LogP contribution in [0.15, 0.2) is 73.1 Å². The van der Waals surface area contributed by atoms with Crippen LogP contribution in [0.2, 0.25) is 0 Å². The van der Waals surface area contributed by atoms with E-state index in [1.165, 1.54) is 12.1 Å². The highest BCUT2D eigenvalue weighted by Gasteiger charge is 2.18. The molecule has 2 aromatic heterocycles. The molecule has 4 rings (SSSR count). The molecule has 4 nitrogen and oxygen atoms in total. The molecule has 0 spiro atoms. The average Bonchev–Trinajstić information content (AvgIpc) is 3.14. The molecular formula is C21H17FN4. The Morgan fingerprint density at radius 1 is 0.808 bits per heavy atom. The van der Waals surface area contributed by atoms with Crippen LogP contribution >= 0.6 is 0 Å². The predicted octanol–water partition coefficient (Wildman–Crippen LogP) is 4.40. The third-order valence-electron chi connectivity index (χ3n) is 4.33. The van der Waals surface area contributed by atoms with Gasteiger partial charge in [-0.15, -0.1) is 0 Å². The van der Waals surface area contributed by atoms with Crippen molar-refractivity contribution in [3.05, 3.63) is 84.4 Å². The zero-order chi connectivity index (χ0) is 17.9. The minimum Gasteiger partial charge on any atom is -0.326 e. The number of rotatable bonds is 4. The first-order chi connectivity index (χ1) is 12.8. The molecular weight excluding hydrogens is 327 g/mol. The van der Waals surface area contributed by atoms with Gasteiger partial charge in [0.25, 0.3) is 0 Å². The quantitative estimate of drug-likeness (QED) is 0.576. The second kappa shape index (κ2) is 6.90. The van der Waals surface area contributed by atoms with Gasteiger partial charge in [0.2, 0.25) is 0 Å². The van der Waals surface area contributed by atoms with Gasteiger partial charge >= 0.3 is 0 Å². The maximum absolute atomic E-state index is 13.3. The summed E-state index contributed by atoms with van der Waals surface area (Å²) >= 11 is 0. The molecule has 0 saturated heterocycles. The fourth-order valence-electron chi connectivity index (χ4n) is 2.97. The molecule has 0 aliphatic rings. The van der Waals surface area contributed by atoms with Crippen molar-refractivity contribution in [3.63, 3.8) is 0 Å². The molecule has 128 valence electrons. The summed E-state index contributed by atoms with van der Waals surface area (Å²) in [6, 6.07) is 18.3. The predicted molar refractivity (Wildman–Crippen MR) is 101 cm³/mol. The van der Waals surface area contributed by atoms with Gasteiger partial charge in [0.15, 0.2) is 0 Å². The van der Waals surface area contributed by atoms with Crippen molar-refractivity contribution in [3.8, 4) is 33.6 Å². The van der Waals surface area contributed by atoms with E-state index in [1.54, 1.807) is 24.5 Å². The van der Waals surface area contributed by atoms with E-state index in [9.17, 15) is 4.39 Å². The van der Waals surface area contributed by atoms with Crippen LogP contribution in [0.1, 0.15) is 5.56 Å². The normalized spacial score (nSPS) is 10.8. The maximum Gasteiger partial charge on any atom is 0.123 e. The molecule has 4 aromatic rings. The van der Waals surface area contributed by atoms with Crippen LogP contribution in [0, 0.1) is 5.82 Å². The van der Waals surface area contributed by atoms with Crippen LogP contribution in [-0.2, 0) is 6.54 Å². The van der Waals surface area contributed by atoms with Gasteiger partial charge in [-0.25, -0.2) is 4.39 Å².